The van der Waals surface area contributed by atoms with Crippen LogP contribution in [0.3, 0.4) is 0 Å². The van der Waals surface area contributed by atoms with Gasteiger partial charge < -0.3 is 20.1 Å². The first-order chi connectivity index (χ1) is 12.1. The summed E-state index contributed by atoms with van der Waals surface area (Å²) < 4.78 is 4.76. The molecule has 1 fully saturated rings. The first-order valence-corrected chi connectivity index (χ1v) is 9.31. The van der Waals surface area contributed by atoms with Crippen molar-refractivity contribution in [2.75, 3.05) is 0 Å². The van der Waals surface area contributed by atoms with Crippen LogP contribution < -0.4 is 0 Å². The average Bonchev–Trinajstić information content (AvgIpc) is 2.88. The lowest BCUT2D eigenvalue weighted by molar-refractivity contribution is -0.151. The second-order valence-corrected chi connectivity index (χ2v) is 8.52. The van der Waals surface area contributed by atoms with Crippen LogP contribution in [-0.2, 0) is 14.3 Å². The van der Waals surface area contributed by atoms with E-state index in [9.17, 15) is 24.9 Å². The molecule has 1 saturated carbocycles. The number of rotatable bonds is 4. The molecule has 1 unspecified atom stereocenters. The van der Waals surface area contributed by atoms with Gasteiger partial charge in [-0.05, 0) is 55.4 Å². The van der Waals surface area contributed by atoms with E-state index in [1.807, 2.05) is 13.8 Å². The highest BCUT2D eigenvalue weighted by atomic mass is 16.6. The van der Waals surface area contributed by atoms with Crippen LogP contribution in [0.15, 0.2) is 23.3 Å². The SMILES string of the molecule is C[C@@H]1[C@H](O)C[C@@]2(C)C(C(=O)O)=CCC[C@@H]2[C@@]1(C)CCC1=CC(O)OC1=O. The van der Waals surface area contributed by atoms with Crippen molar-refractivity contribution in [3.63, 3.8) is 0 Å². The summed E-state index contributed by atoms with van der Waals surface area (Å²) in [6, 6.07) is 0. The molecule has 6 heteroatoms. The molecule has 2 aliphatic carbocycles. The summed E-state index contributed by atoms with van der Waals surface area (Å²) >= 11 is 0. The van der Waals surface area contributed by atoms with Crippen molar-refractivity contribution >= 4 is 11.9 Å². The topological polar surface area (TPSA) is 104 Å². The first-order valence-electron chi connectivity index (χ1n) is 9.31. The number of cyclic esters (lactones) is 1. The Hall–Kier alpha value is -1.66. The van der Waals surface area contributed by atoms with Gasteiger partial charge in [0.05, 0.1) is 6.10 Å². The van der Waals surface area contributed by atoms with Crippen LogP contribution in [0.25, 0.3) is 0 Å². The summed E-state index contributed by atoms with van der Waals surface area (Å²) in [4.78, 5) is 23.6. The molecule has 6 atom stereocenters. The Kier molecular flexibility index (Phi) is 4.78. The second kappa shape index (κ2) is 6.50. The molecule has 0 radical (unpaired) electrons. The summed E-state index contributed by atoms with van der Waals surface area (Å²) in [7, 11) is 0. The molecular formula is C20H28O6. The summed E-state index contributed by atoms with van der Waals surface area (Å²) in [5.74, 6) is -1.32. The van der Waals surface area contributed by atoms with Crippen molar-refractivity contribution in [3.05, 3.63) is 23.3 Å². The summed E-state index contributed by atoms with van der Waals surface area (Å²) in [6.07, 6.45) is 4.55. The smallest absolute Gasteiger partial charge is 0.336 e. The van der Waals surface area contributed by atoms with Gasteiger partial charge in [0.2, 0.25) is 6.29 Å². The van der Waals surface area contributed by atoms with Crippen LogP contribution in [0.2, 0.25) is 0 Å². The molecule has 1 aliphatic heterocycles. The largest absolute Gasteiger partial charge is 0.478 e. The number of carboxylic acids is 1. The Morgan fingerprint density at radius 2 is 2.04 bits per heavy atom. The molecule has 0 aromatic rings. The predicted molar refractivity (Wildman–Crippen MR) is 93.9 cm³/mol. The number of fused-ring (bicyclic) bond motifs is 1. The molecule has 6 nitrogen and oxygen atoms in total. The van der Waals surface area contributed by atoms with Crippen molar-refractivity contribution in [2.45, 2.75) is 65.3 Å². The highest BCUT2D eigenvalue weighted by molar-refractivity contribution is 5.90. The zero-order valence-electron chi connectivity index (χ0n) is 15.6. The van der Waals surface area contributed by atoms with Crippen molar-refractivity contribution in [2.24, 2.45) is 22.7 Å². The van der Waals surface area contributed by atoms with E-state index in [1.54, 1.807) is 6.08 Å². The van der Waals surface area contributed by atoms with Gasteiger partial charge in [0.1, 0.15) is 0 Å². The molecule has 0 spiro atoms. The number of carbonyl (C=O) groups excluding carboxylic acids is 1. The van der Waals surface area contributed by atoms with Gasteiger partial charge >= 0.3 is 11.9 Å². The molecule has 0 amide bonds. The van der Waals surface area contributed by atoms with E-state index in [0.717, 1.165) is 6.42 Å². The summed E-state index contributed by atoms with van der Waals surface area (Å²) in [5.41, 5.74) is -0.0523. The molecule has 0 aromatic carbocycles. The van der Waals surface area contributed by atoms with Gasteiger partial charge in [-0.15, -0.1) is 0 Å². The van der Waals surface area contributed by atoms with Gasteiger partial charge in [-0.3, -0.25) is 0 Å². The number of hydrogen-bond acceptors (Lipinski definition) is 5. The third-order valence-corrected chi connectivity index (χ3v) is 7.23. The fourth-order valence-corrected chi connectivity index (χ4v) is 5.59. The Labute approximate surface area is 153 Å². The quantitative estimate of drug-likeness (QED) is 0.662. The number of hydrogen-bond donors (Lipinski definition) is 3. The minimum atomic E-state index is -1.18. The number of carboxylic acid groups (broad SMARTS) is 1. The number of aliphatic carboxylic acids is 1. The maximum Gasteiger partial charge on any atom is 0.336 e. The Bertz CT molecular complexity index is 680. The number of aliphatic hydroxyl groups is 2. The van der Waals surface area contributed by atoms with Crippen molar-refractivity contribution < 1.29 is 29.6 Å². The highest BCUT2D eigenvalue weighted by Crippen LogP contribution is 2.62. The fourth-order valence-electron chi connectivity index (χ4n) is 5.59. The molecule has 0 bridgehead atoms. The number of aliphatic hydroxyl groups excluding tert-OH is 2. The number of allylic oxidation sites excluding steroid dienone is 1. The van der Waals surface area contributed by atoms with Gasteiger partial charge in [-0.25, -0.2) is 9.59 Å². The van der Waals surface area contributed by atoms with E-state index in [2.05, 4.69) is 6.92 Å². The molecule has 26 heavy (non-hydrogen) atoms. The van der Waals surface area contributed by atoms with Gasteiger partial charge in [-0.2, -0.15) is 0 Å². The maximum absolute atomic E-state index is 11.8. The van der Waals surface area contributed by atoms with E-state index in [1.165, 1.54) is 6.08 Å². The van der Waals surface area contributed by atoms with Crippen LogP contribution in [-0.4, -0.2) is 39.7 Å². The van der Waals surface area contributed by atoms with Crippen molar-refractivity contribution in [1.82, 2.24) is 0 Å². The number of esters is 1. The third kappa shape index (κ3) is 2.89. The van der Waals surface area contributed by atoms with Crippen molar-refractivity contribution in [1.29, 1.82) is 0 Å². The van der Waals surface area contributed by atoms with Gasteiger partial charge in [-0.1, -0.05) is 26.8 Å². The maximum atomic E-state index is 11.8. The van der Waals surface area contributed by atoms with Crippen LogP contribution in [0, 0.1) is 22.7 Å². The average molecular weight is 364 g/mol. The van der Waals surface area contributed by atoms with Gasteiger partial charge in [0, 0.05) is 16.6 Å². The lowest BCUT2D eigenvalue weighted by atomic mass is 9.46. The van der Waals surface area contributed by atoms with Crippen molar-refractivity contribution in [3.8, 4) is 0 Å². The van der Waals surface area contributed by atoms with Gasteiger partial charge in [0.15, 0.2) is 0 Å². The Morgan fingerprint density at radius 3 is 2.62 bits per heavy atom. The van der Waals surface area contributed by atoms with E-state index in [4.69, 9.17) is 4.74 Å². The van der Waals surface area contributed by atoms with E-state index in [0.29, 0.717) is 36.8 Å². The highest BCUT2D eigenvalue weighted by Gasteiger charge is 2.58. The summed E-state index contributed by atoms with van der Waals surface area (Å²) in [6.45, 7) is 6.07. The number of ether oxygens (including phenoxy) is 1. The fraction of sp³-hybridized carbons (Fsp3) is 0.700. The zero-order valence-corrected chi connectivity index (χ0v) is 15.6. The predicted octanol–water partition coefficient (Wildman–Crippen LogP) is 2.40. The monoisotopic (exact) mass is 364 g/mol. The normalized spacial score (nSPS) is 42.6. The van der Waals surface area contributed by atoms with Crippen LogP contribution >= 0.6 is 0 Å². The summed E-state index contributed by atoms with van der Waals surface area (Å²) in [5, 5.41) is 29.9. The minimum Gasteiger partial charge on any atom is -0.478 e. The molecule has 0 saturated heterocycles. The molecule has 3 rings (SSSR count). The Balaban J connectivity index is 1.91. The van der Waals surface area contributed by atoms with E-state index < -0.39 is 29.7 Å². The standard InChI is InChI=1S/C20H28O6/c1-11-14(21)10-20(3)13(17(23)24)5-4-6-15(20)19(11,2)8-7-12-9-16(22)26-18(12)25/h5,9,11,14-16,21-22H,4,6-8,10H2,1-3H3,(H,23,24)/t11-,14-,15-,16?,19+,20+/m1/s1. The van der Waals surface area contributed by atoms with Gasteiger partial charge in [0.25, 0.3) is 0 Å². The first kappa shape index (κ1) is 19.1. The lowest BCUT2D eigenvalue weighted by Crippen LogP contribution is -2.56. The van der Waals surface area contributed by atoms with Crippen LogP contribution in [0.4, 0.5) is 0 Å². The second-order valence-electron chi connectivity index (χ2n) is 8.52. The molecule has 3 aliphatic rings. The Morgan fingerprint density at radius 1 is 1.35 bits per heavy atom. The van der Waals surface area contributed by atoms with E-state index >= 15 is 0 Å². The molecule has 1 heterocycles. The minimum absolute atomic E-state index is 0.0170. The van der Waals surface area contributed by atoms with Crippen LogP contribution in [0.5, 0.6) is 0 Å². The van der Waals surface area contributed by atoms with E-state index in [-0.39, 0.29) is 17.3 Å². The number of carbonyl (C=O) groups is 2. The third-order valence-electron chi connectivity index (χ3n) is 7.23. The lowest BCUT2D eigenvalue weighted by Gasteiger charge is -2.59. The molecule has 144 valence electrons. The molecular weight excluding hydrogens is 336 g/mol. The van der Waals surface area contributed by atoms with Crippen LogP contribution in [0.1, 0.15) is 52.9 Å². The zero-order chi connectivity index (χ0) is 19.3. The molecule has 0 aromatic heterocycles. The molecule has 3 N–H and O–H groups in total.